The fourth-order valence-corrected chi connectivity index (χ4v) is 6.04. The molecule has 41 heavy (non-hydrogen) atoms. The lowest BCUT2D eigenvalue weighted by molar-refractivity contribution is -0.141. The van der Waals surface area contributed by atoms with E-state index in [4.69, 9.17) is 22.1 Å². The lowest BCUT2D eigenvalue weighted by Gasteiger charge is -2.39. The number of aromatic nitrogens is 1. The Balaban J connectivity index is 1.41. The minimum absolute atomic E-state index is 0.0117. The Morgan fingerprint density at radius 3 is 2.41 bits per heavy atom. The zero-order valence-electron chi connectivity index (χ0n) is 21.9. The van der Waals surface area contributed by atoms with Crippen molar-refractivity contribution >= 4 is 28.9 Å². The molecule has 2 aliphatic rings. The molecule has 0 spiro atoms. The highest BCUT2D eigenvalue weighted by Gasteiger charge is 2.33. The van der Waals surface area contributed by atoms with Crippen LogP contribution in [0.15, 0.2) is 42.6 Å². The summed E-state index contributed by atoms with van der Waals surface area (Å²) in [5, 5.41) is 2.07. The van der Waals surface area contributed by atoms with Gasteiger partial charge in [-0.05, 0) is 73.1 Å². The molecule has 1 saturated carbocycles. The third-order valence-corrected chi connectivity index (χ3v) is 8.09. The third kappa shape index (κ3) is 6.32. The van der Waals surface area contributed by atoms with Crippen molar-refractivity contribution in [2.75, 3.05) is 37.4 Å². The number of nitrogen functional groups attached to an aromatic ring is 1. The first-order valence-corrected chi connectivity index (χ1v) is 13.6. The van der Waals surface area contributed by atoms with Gasteiger partial charge >= 0.3 is 6.18 Å². The lowest BCUT2D eigenvalue weighted by atomic mass is 9.78. The lowest BCUT2D eigenvalue weighted by Crippen LogP contribution is -2.44. The van der Waals surface area contributed by atoms with Crippen molar-refractivity contribution in [1.29, 1.82) is 0 Å². The molecule has 0 unspecified atom stereocenters. The number of nitrogens with one attached hydrogen (secondary N) is 1. The van der Waals surface area contributed by atoms with Gasteiger partial charge in [-0.3, -0.25) is 14.7 Å². The minimum atomic E-state index is -4.72. The van der Waals surface area contributed by atoms with Crippen LogP contribution in [0.3, 0.4) is 0 Å². The van der Waals surface area contributed by atoms with E-state index in [0.29, 0.717) is 36.4 Å². The van der Waals surface area contributed by atoms with Crippen LogP contribution in [0.5, 0.6) is 0 Å². The maximum atomic E-state index is 15.8. The van der Waals surface area contributed by atoms with Crippen LogP contribution in [0.4, 0.5) is 33.3 Å². The van der Waals surface area contributed by atoms with Gasteiger partial charge in [0.05, 0.1) is 29.5 Å². The molecular formula is C29H28ClF5N4O2. The molecule has 2 aromatic carbocycles. The number of hydrogen-bond acceptors (Lipinski definition) is 5. The number of carbonyl (C=O) groups excluding carboxylic acids is 1. The second kappa shape index (κ2) is 11.9. The molecule has 1 aromatic heterocycles. The number of hydrogen-bond donors (Lipinski definition) is 2. The molecule has 2 fully saturated rings. The van der Waals surface area contributed by atoms with Crippen molar-refractivity contribution in [3.63, 3.8) is 0 Å². The summed E-state index contributed by atoms with van der Waals surface area (Å²) in [5.74, 6) is -2.39. The monoisotopic (exact) mass is 594 g/mol. The number of rotatable bonds is 5. The normalized spacial score (nSPS) is 20.1. The SMILES string of the molecule is Nc1c(F)c(-c2ccc(F)cc2C2CCC(N3CCOCC3)CC2)cc(Cl)c1C(=O)Nc1ccnc(C(F)(F)F)c1. The van der Waals surface area contributed by atoms with Crippen LogP contribution in [0.2, 0.25) is 5.02 Å². The molecule has 12 heteroatoms. The van der Waals surface area contributed by atoms with Gasteiger partial charge in [-0.2, -0.15) is 13.2 Å². The molecular weight excluding hydrogens is 567 g/mol. The van der Waals surface area contributed by atoms with Crippen molar-refractivity contribution in [2.45, 2.75) is 43.8 Å². The fraction of sp³-hybridized carbons (Fsp3) is 0.379. The summed E-state index contributed by atoms with van der Waals surface area (Å²) < 4.78 is 74.7. The van der Waals surface area contributed by atoms with Gasteiger partial charge in [0.2, 0.25) is 0 Å². The number of benzene rings is 2. The highest BCUT2D eigenvalue weighted by atomic mass is 35.5. The summed E-state index contributed by atoms with van der Waals surface area (Å²) in [6.45, 7) is 3.18. The zero-order chi connectivity index (χ0) is 29.3. The van der Waals surface area contributed by atoms with E-state index >= 15 is 4.39 Å². The van der Waals surface area contributed by atoms with Crippen LogP contribution in [0.25, 0.3) is 11.1 Å². The largest absolute Gasteiger partial charge is 0.433 e. The van der Waals surface area contributed by atoms with E-state index in [2.05, 4.69) is 15.2 Å². The van der Waals surface area contributed by atoms with E-state index in [-0.39, 0.29) is 22.2 Å². The maximum Gasteiger partial charge on any atom is 0.433 e. The topological polar surface area (TPSA) is 80.5 Å². The summed E-state index contributed by atoms with van der Waals surface area (Å²) in [5.41, 5.74) is 4.68. The summed E-state index contributed by atoms with van der Waals surface area (Å²) in [7, 11) is 0. The third-order valence-electron chi connectivity index (χ3n) is 7.79. The van der Waals surface area contributed by atoms with Crippen molar-refractivity contribution in [3.8, 4) is 11.1 Å². The second-order valence-electron chi connectivity index (χ2n) is 10.3. The van der Waals surface area contributed by atoms with Crippen LogP contribution in [0.1, 0.15) is 53.2 Å². The Morgan fingerprint density at radius 2 is 1.73 bits per heavy atom. The van der Waals surface area contributed by atoms with E-state index in [1.54, 1.807) is 0 Å². The molecule has 1 amide bonds. The minimum Gasteiger partial charge on any atom is -0.396 e. The van der Waals surface area contributed by atoms with Crippen molar-refractivity contribution in [3.05, 3.63) is 76.1 Å². The van der Waals surface area contributed by atoms with Gasteiger partial charge in [-0.15, -0.1) is 0 Å². The van der Waals surface area contributed by atoms with Crippen LogP contribution in [0, 0.1) is 11.6 Å². The number of halogens is 6. The molecule has 0 bridgehead atoms. The van der Waals surface area contributed by atoms with Gasteiger partial charge in [0.15, 0.2) is 5.82 Å². The number of nitrogens with zero attached hydrogens (tertiary/aromatic N) is 2. The molecule has 1 aliphatic carbocycles. The fourth-order valence-electron chi connectivity index (χ4n) is 5.74. The summed E-state index contributed by atoms with van der Waals surface area (Å²) >= 11 is 6.41. The number of nitrogens with two attached hydrogens (primary N) is 1. The average Bonchev–Trinajstić information content (AvgIpc) is 2.95. The van der Waals surface area contributed by atoms with Gasteiger partial charge in [0.1, 0.15) is 11.5 Å². The summed E-state index contributed by atoms with van der Waals surface area (Å²) in [6.07, 6.45) is -0.436. The van der Waals surface area contributed by atoms with Crippen LogP contribution in [-0.4, -0.2) is 48.1 Å². The standard InChI is InChI=1S/C29H28ClF5N4O2/c30-23-15-22(26(32)27(36)25(23)28(40)38-18-7-8-37-24(14-18)29(33,34)35)20-6-3-17(31)13-21(20)16-1-4-19(5-2-16)39-9-11-41-12-10-39/h3,6-8,13-16,19H,1-2,4-5,9-12,36H2,(H,37,38,40). The zero-order valence-corrected chi connectivity index (χ0v) is 22.7. The number of anilines is 2. The Hall–Kier alpha value is -3.28. The number of carbonyl (C=O) groups is 1. The molecule has 1 aliphatic heterocycles. The molecule has 2 heterocycles. The van der Waals surface area contributed by atoms with Crippen molar-refractivity contribution in [2.24, 2.45) is 0 Å². The number of pyridine rings is 1. The van der Waals surface area contributed by atoms with Gasteiger partial charge in [-0.1, -0.05) is 17.7 Å². The second-order valence-corrected chi connectivity index (χ2v) is 10.7. The molecule has 0 atom stereocenters. The van der Waals surface area contributed by atoms with Gasteiger partial charge in [-0.25, -0.2) is 8.78 Å². The van der Waals surface area contributed by atoms with Crippen LogP contribution >= 0.6 is 11.6 Å². The van der Waals surface area contributed by atoms with Crippen LogP contribution < -0.4 is 11.1 Å². The molecule has 3 aromatic rings. The predicted octanol–water partition coefficient (Wildman–Crippen LogP) is 6.89. The first kappa shape index (κ1) is 29.2. The number of alkyl halides is 3. The number of amides is 1. The first-order chi connectivity index (χ1) is 19.5. The van der Waals surface area contributed by atoms with E-state index in [1.165, 1.54) is 24.3 Å². The molecule has 5 rings (SSSR count). The number of ether oxygens (including phenoxy) is 1. The first-order valence-electron chi connectivity index (χ1n) is 13.3. The molecule has 1 saturated heterocycles. The van der Waals surface area contributed by atoms with E-state index < -0.39 is 40.7 Å². The van der Waals surface area contributed by atoms with Gasteiger partial charge in [0, 0.05) is 36.6 Å². The predicted molar refractivity (Wildman–Crippen MR) is 146 cm³/mol. The Labute approximate surface area is 238 Å². The number of morpholine rings is 1. The summed E-state index contributed by atoms with van der Waals surface area (Å²) in [4.78, 5) is 18.6. The smallest absolute Gasteiger partial charge is 0.396 e. The Bertz CT molecular complexity index is 1440. The highest BCUT2D eigenvalue weighted by molar-refractivity contribution is 6.35. The average molecular weight is 595 g/mol. The summed E-state index contributed by atoms with van der Waals surface area (Å²) in [6, 6.07) is 7.56. The highest BCUT2D eigenvalue weighted by Crippen LogP contribution is 2.43. The van der Waals surface area contributed by atoms with E-state index in [0.717, 1.165) is 51.0 Å². The Kier molecular flexibility index (Phi) is 8.49. The van der Waals surface area contributed by atoms with Gasteiger partial charge in [0.25, 0.3) is 5.91 Å². The molecule has 218 valence electrons. The molecule has 0 radical (unpaired) electrons. The van der Waals surface area contributed by atoms with E-state index in [1.807, 2.05) is 0 Å². The van der Waals surface area contributed by atoms with Crippen molar-refractivity contribution < 1.29 is 31.5 Å². The molecule has 3 N–H and O–H groups in total. The maximum absolute atomic E-state index is 15.8. The molecule has 6 nitrogen and oxygen atoms in total. The van der Waals surface area contributed by atoms with Gasteiger partial charge < -0.3 is 15.8 Å². The van der Waals surface area contributed by atoms with E-state index in [9.17, 15) is 22.4 Å². The Morgan fingerprint density at radius 1 is 1.02 bits per heavy atom. The van der Waals surface area contributed by atoms with Crippen molar-refractivity contribution in [1.82, 2.24) is 9.88 Å². The quantitative estimate of drug-likeness (QED) is 0.248. The van der Waals surface area contributed by atoms with Crippen LogP contribution in [-0.2, 0) is 10.9 Å².